The summed E-state index contributed by atoms with van der Waals surface area (Å²) in [5.41, 5.74) is 2.60. The summed E-state index contributed by atoms with van der Waals surface area (Å²) in [4.78, 5) is 40.3. The van der Waals surface area contributed by atoms with Crippen molar-refractivity contribution < 1.29 is 19.2 Å². The van der Waals surface area contributed by atoms with Crippen molar-refractivity contribution in [1.29, 1.82) is 0 Å². The van der Waals surface area contributed by atoms with Gasteiger partial charge < -0.3 is 4.74 Å². The van der Waals surface area contributed by atoms with Crippen molar-refractivity contribution >= 4 is 34.0 Å². The number of nitro benzene ring substituents is 1. The molecule has 1 aliphatic rings. The molecule has 0 aliphatic heterocycles. The Morgan fingerprint density at radius 1 is 1.21 bits per heavy atom. The first-order valence-corrected chi connectivity index (χ1v) is 9.05. The summed E-state index contributed by atoms with van der Waals surface area (Å²) in [7, 11) is 1.16. The number of benzene rings is 2. The predicted molar refractivity (Wildman–Crippen MR) is 103 cm³/mol. The number of amides is 1. The van der Waals surface area contributed by atoms with Crippen LogP contribution in [-0.4, -0.2) is 28.9 Å². The molecule has 1 aliphatic carbocycles. The predicted octanol–water partition coefficient (Wildman–Crippen LogP) is 3.66. The molecule has 1 N–H and O–H groups in total. The van der Waals surface area contributed by atoms with E-state index in [0.29, 0.717) is 5.13 Å². The van der Waals surface area contributed by atoms with Gasteiger partial charge in [0.25, 0.3) is 11.6 Å². The fraction of sp³-hybridized carbons (Fsp3) is 0.105. The van der Waals surface area contributed by atoms with Gasteiger partial charge in [0, 0.05) is 34.6 Å². The van der Waals surface area contributed by atoms with Crippen molar-refractivity contribution in [3.63, 3.8) is 0 Å². The van der Waals surface area contributed by atoms with E-state index in [1.807, 2.05) is 24.3 Å². The number of thiazole rings is 1. The number of hydrogen-bond acceptors (Lipinski definition) is 7. The number of hydrogen-bond donors (Lipinski definition) is 1. The zero-order valence-corrected chi connectivity index (χ0v) is 15.4. The summed E-state index contributed by atoms with van der Waals surface area (Å²) in [6.07, 6.45) is 0.752. The van der Waals surface area contributed by atoms with Crippen LogP contribution in [0.3, 0.4) is 0 Å². The number of aromatic nitrogens is 1. The molecule has 2 aromatic carbocycles. The average Bonchev–Trinajstić information content (AvgIpc) is 3.24. The minimum Gasteiger partial charge on any atom is -0.465 e. The number of rotatable bonds is 4. The molecule has 1 heterocycles. The van der Waals surface area contributed by atoms with Gasteiger partial charge in [0.15, 0.2) is 5.13 Å². The fourth-order valence-electron chi connectivity index (χ4n) is 3.07. The Balaban J connectivity index is 1.62. The summed E-state index contributed by atoms with van der Waals surface area (Å²) in [5.74, 6) is -1.35. The number of nitrogens with one attached hydrogen (secondary N) is 1. The van der Waals surface area contributed by atoms with Crippen LogP contribution in [0.2, 0.25) is 0 Å². The highest BCUT2D eigenvalue weighted by atomic mass is 32.1. The van der Waals surface area contributed by atoms with Crippen LogP contribution < -0.4 is 5.32 Å². The molecule has 8 nitrogen and oxygen atoms in total. The second-order valence-corrected chi connectivity index (χ2v) is 7.18. The monoisotopic (exact) mass is 395 g/mol. The van der Waals surface area contributed by atoms with Gasteiger partial charge in [-0.1, -0.05) is 24.3 Å². The third kappa shape index (κ3) is 3.12. The molecular formula is C19H13N3O5S. The van der Waals surface area contributed by atoms with Crippen molar-refractivity contribution in [1.82, 2.24) is 4.98 Å². The molecule has 0 bridgehead atoms. The first kappa shape index (κ1) is 17.8. The second-order valence-electron chi connectivity index (χ2n) is 6.10. The molecule has 9 heteroatoms. The minimum atomic E-state index is -0.761. The first-order chi connectivity index (χ1) is 13.5. The van der Waals surface area contributed by atoms with E-state index in [2.05, 4.69) is 15.0 Å². The van der Waals surface area contributed by atoms with E-state index in [1.165, 1.54) is 23.0 Å². The molecule has 0 saturated carbocycles. The van der Waals surface area contributed by atoms with E-state index in [1.54, 1.807) is 0 Å². The lowest BCUT2D eigenvalue weighted by Gasteiger charge is -2.05. The number of esters is 1. The number of nitro groups is 1. The first-order valence-electron chi connectivity index (χ1n) is 8.23. The van der Waals surface area contributed by atoms with Crippen LogP contribution in [0.25, 0.3) is 11.3 Å². The van der Waals surface area contributed by atoms with E-state index in [4.69, 9.17) is 0 Å². The molecule has 0 fully saturated rings. The number of fused-ring (bicyclic) bond motifs is 3. The Kier molecular flexibility index (Phi) is 4.36. The Morgan fingerprint density at radius 3 is 2.71 bits per heavy atom. The molecule has 4 rings (SSSR count). The number of ether oxygens (including phenoxy) is 1. The summed E-state index contributed by atoms with van der Waals surface area (Å²) in [6.45, 7) is 0. The van der Waals surface area contributed by atoms with Crippen LogP contribution in [0.4, 0.5) is 10.8 Å². The van der Waals surface area contributed by atoms with Gasteiger partial charge in [-0.3, -0.25) is 20.2 Å². The van der Waals surface area contributed by atoms with Crippen LogP contribution in [-0.2, 0) is 11.2 Å². The van der Waals surface area contributed by atoms with Gasteiger partial charge in [0.2, 0.25) is 0 Å². The quantitative estimate of drug-likeness (QED) is 0.321. The third-order valence-electron chi connectivity index (χ3n) is 4.35. The largest absolute Gasteiger partial charge is 0.465 e. The van der Waals surface area contributed by atoms with Gasteiger partial charge >= 0.3 is 5.97 Å². The van der Waals surface area contributed by atoms with Crippen LogP contribution >= 0.6 is 11.3 Å². The number of carbonyl (C=O) groups excluding carboxylic acids is 2. The molecule has 0 unspecified atom stereocenters. The highest BCUT2D eigenvalue weighted by Crippen LogP contribution is 2.40. The van der Waals surface area contributed by atoms with E-state index < -0.39 is 16.8 Å². The molecule has 0 radical (unpaired) electrons. The van der Waals surface area contributed by atoms with Gasteiger partial charge in [-0.05, 0) is 11.6 Å². The standard InChI is InChI=1S/C19H13N3O5S/c1-27-18(24)12-6-11(7-13(8-12)22(25)26)17(23)21-19-20-16-14-5-3-2-4-10(14)9-15(16)28-19/h2-8H,9H2,1H3,(H,20,21,23). The molecule has 0 saturated heterocycles. The van der Waals surface area contributed by atoms with E-state index >= 15 is 0 Å². The van der Waals surface area contributed by atoms with Gasteiger partial charge in [-0.15, -0.1) is 11.3 Å². The Morgan fingerprint density at radius 2 is 1.96 bits per heavy atom. The molecule has 1 aromatic heterocycles. The lowest BCUT2D eigenvalue weighted by Crippen LogP contribution is -2.14. The van der Waals surface area contributed by atoms with Gasteiger partial charge in [-0.2, -0.15) is 0 Å². The Bertz CT molecular complexity index is 1140. The van der Waals surface area contributed by atoms with E-state index in [0.717, 1.165) is 41.8 Å². The Labute approximate surface area is 162 Å². The SMILES string of the molecule is COC(=O)c1cc(C(=O)Nc2nc3c(s2)Cc2ccccc2-3)cc([N+](=O)[O-])c1. The van der Waals surface area contributed by atoms with Crippen molar-refractivity contribution in [2.75, 3.05) is 12.4 Å². The highest BCUT2D eigenvalue weighted by Gasteiger charge is 2.24. The lowest BCUT2D eigenvalue weighted by atomic mass is 10.1. The zero-order chi connectivity index (χ0) is 19.8. The molecular weight excluding hydrogens is 382 g/mol. The van der Waals surface area contributed by atoms with Crippen molar-refractivity contribution in [3.05, 3.63) is 74.1 Å². The molecule has 1 amide bonds. The van der Waals surface area contributed by atoms with Crippen LogP contribution in [0.5, 0.6) is 0 Å². The molecule has 0 spiro atoms. The minimum absolute atomic E-state index is 0.0228. The number of carbonyl (C=O) groups is 2. The average molecular weight is 395 g/mol. The summed E-state index contributed by atoms with van der Waals surface area (Å²) < 4.78 is 4.59. The van der Waals surface area contributed by atoms with Crippen LogP contribution in [0.1, 0.15) is 31.2 Å². The van der Waals surface area contributed by atoms with Gasteiger partial charge in [0.05, 0.1) is 23.3 Å². The van der Waals surface area contributed by atoms with E-state index in [-0.39, 0.29) is 16.8 Å². The smallest absolute Gasteiger partial charge is 0.338 e. The van der Waals surface area contributed by atoms with Crippen LogP contribution in [0, 0.1) is 10.1 Å². The topological polar surface area (TPSA) is 111 Å². The van der Waals surface area contributed by atoms with Gasteiger partial charge in [-0.25, -0.2) is 9.78 Å². The molecule has 0 atom stereocenters. The maximum atomic E-state index is 12.6. The molecule has 3 aromatic rings. The fourth-order valence-corrected chi connectivity index (χ4v) is 4.06. The maximum Gasteiger partial charge on any atom is 0.338 e. The van der Waals surface area contributed by atoms with Crippen molar-refractivity contribution in [3.8, 4) is 11.3 Å². The van der Waals surface area contributed by atoms with Crippen molar-refractivity contribution in [2.45, 2.75) is 6.42 Å². The lowest BCUT2D eigenvalue weighted by molar-refractivity contribution is -0.384. The molecule has 28 heavy (non-hydrogen) atoms. The number of non-ortho nitro benzene ring substituents is 1. The van der Waals surface area contributed by atoms with E-state index in [9.17, 15) is 19.7 Å². The van der Waals surface area contributed by atoms with Crippen LogP contribution in [0.15, 0.2) is 42.5 Å². The summed E-state index contributed by atoms with van der Waals surface area (Å²) in [6, 6.07) is 11.4. The van der Waals surface area contributed by atoms with Gasteiger partial charge in [0.1, 0.15) is 0 Å². The number of methoxy groups -OCH3 is 1. The summed E-state index contributed by atoms with van der Waals surface area (Å²) >= 11 is 1.36. The number of nitrogens with zero attached hydrogens (tertiary/aromatic N) is 2. The third-order valence-corrected chi connectivity index (χ3v) is 5.32. The number of anilines is 1. The Hall–Kier alpha value is -3.59. The molecule has 140 valence electrons. The second kappa shape index (κ2) is 6.86. The summed E-state index contributed by atoms with van der Waals surface area (Å²) in [5, 5.41) is 14.2. The highest BCUT2D eigenvalue weighted by molar-refractivity contribution is 7.16. The normalized spacial score (nSPS) is 11.5. The van der Waals surface area contributed by atoms with Crippen molar-refractivity contribution in [2.24, 2.45) is 0 Å². The zero-order valence-electron chi connectivity index (χ0n) is 14.6. The maximum absolute atomic E-state index is 12.6.